The topological polar surface area (TPSA) is 60.0 Å². The van der Waals surface area contributed by atoms with Crippen molar-refractivity contribution in [3.63, 3.8) is 0 Å². The first-order valence-corrected chi connectivity index (χ1v) is 23.6. The van der Waals surface area contributed by atoms with Gasteiger partial charge in [-0.05, 0) is 91.9 Å². The highest BCUT2D eigenvalue weighted by Crippen LogP contribution is 2.12. The summed E-state index contributed by atoms with van der Waals surface area (Å²) in [5.74, 6) is 0. The maximum atomic E-state index is 12.7. The van der Waals surface area contributed by atoms with Crippen molar-refractivity contribution in [2.24, 2.45) is 0 Å². The van der Waals surface area contributed by atoms with Crippen molar-refractivity contribution >= 4 is 6.09 Å². The van der Waals surface area contributed by atoms with E-state index >= 15 is 0 Å². The largest absolute Gasteiger partial charge is 0.441 e. The molecule has 0 atom stereocenters. The minimum atomic E-state index is -0.389. The number of rotatable bonds is 42. The van der Waals surface area contributed by atoms with Crippen LogP contribution in [0.1, 0.15) is 221 Å². The molecule has 0 aliphatic carbocycles. The lowest BCUT2D eigenvalue weighted by atomic mass is 10.1. The number of nitrogens with one attached hydrogen (secondary N) is 1. The van der Waals surface area contributed by atoms with E-state index < -0.39 is 0 Å². The lowest BCUT2D eigenvalue weighted by Gasteiger charge is -2.30. The number of ether oxygens (including phenoxy) is 3. The van der Waals surface area contributed by atoms with Gasteiger partial charge < -0.3 is 19.5 Å². The van der Waals surface area contributed by atoms with Gasteiger partial charge in [0.05, 0.1) is 13.2 Å². The third-order valence-electron chi connectivity index (χ3n) is 10.4. The number of amides is 1. The average molecular weight is 763 g/mol. The number of alkyl carbamates (subject to hydrolysis) is 1. The van der Waals surface area contributed by atoms with Crippen LogP contribution in [0.15, 0.2) is 24.3 Å². The Morgan fingerprint density at radius 3 is 1.19 bits per heavy atom. The molecule has 1 amide bonds. The van der Waals surface area contributed by atoms with Crippen LogP contribution in [0.25, 0.3) is 0 Å². The first-order valence-electron chi connectivity index (χ1n) is 23.6. The van der Waals surface area contributed by atoms with Crippen molar-refractivity contribution in [3.05, 3.63) is 24.3 Å². The number of carbonyl (C=O) groups is 1. The lowest BCUT2D eigenvalue weighted by molar-refractivity contribution is -0.0293. The molecule has 0 spiro atoms. The second-order valence-corrected chi connectivity index (χ2v) is 16.4. The van der Waals surface area contributed by atoms with E-state index in [1.54, 1.807) is 0 Å². The van der Waals surface area contributed by atoms with E-state index in [9.17, 15) is 4.79 Å². The SMILES string of the molecule is CCCCCCCCC=CCCCCCCCCOCC(COCCCCCCCCC=CCCCCCCCC)OC(=O)NCCN(C(C)C)C(C)C. The number of carbonyl (C=O) groups excluding carboxylic acids is 1. The molecular weight excluding hydrogens is 669 g/mol. The van der Waals surface area contributed by atoms with E-state index in [0.29, 0.717) is 45.1 Å². The summed E-state index contributed by atoms with van der Waals surface area (Å²) in [6.45, 7) is 16.9. The van der Waals surface area contributed by atoms with Gasteiger partial charge in [-0.3, -0.25) is 4.90 Å². The molecule has 0 rings (SSSR count). The normalized spacial score (nSPS) is 12.7. The molecule has 0 aliphatic heterocycles. The Bertz CT molecular complexity index is 761. The standard InChI is InChI=1S/C48H94N2O4/c1-7-9-11-13-15-17-19-21-23-25-27-29-31-33-35-37-41-52-43-47(54-48(51)49-39-40-50(45(3)4)46(5)6)44-53-42-38-36-34-32-30-28-26-24-22-20-18-16-14-12-10-8-2/h21-24,45-47H,7-20,25-44H2,1-6H3,(H,49,51). The Balaban J connectivity index is 4.14. The summed E-state index contributed by atoms with van der Waals surface area (Å²) in [5, 5.41) is 2.95. The van der Waals surface area contributed by atoms with Crippen LogP contribution in [0, 0.1) is 0 Å². The third kappa shape index (κ3) is 38.9. The van der Waals surface area contributed by atoms with Crippen molar-refractivity contribution in [2.45, 2.75) is 240 Å². The van der Waals surface area contributed by atoms with Gasteiger partial charge in [0.2, 0.25) is 0 Å². The Kier molecular flexibility index (Phi) is 41.7. The molecule has 320 valence electrons. The summed E-state index contributed by atoms with van der Waals surface area (Å²) < 4.78 is 17.8. The molecule has 0 saturated heterocycles. The van der Waals surface area contributed by atoms with E-state index in [4.69, 9.17) is 14.2 Å². The monoisotopic (exact) mass is 763 g/mol. The summed E-state index contributed by atoms with van der Waals surface area (Å²) >= 11 is 0. The Morgan fingerprint density at radius 1 is 0.500 bits per heavy atom. The van der Waals surface area contributed by atoms with Crippen molar-refractivity contribution in [1.29, 1.82) is 0 Å². The van der Waals surface area contributed by atoms with Crippen LogP contribution in [-0.4, -0.2) is 68.7 Å². The molecular formula is C48H94N2O4. The number of hydrogen-bond acceptors (Lipinski definition) is 5. The number of unbranched alkanes of at least 4 members (excludes halogenated alkanes) is 24. The van der Waals surface area contributed by atoms with Gasteiger partial charge in [-0.1, -0.05) is 154 Å². The van der Waals surface area contributed by atoms with Crippen molar-refractivity contribution in [3.8, 4) is 0 Å². The van der Waals surface area contributed by atoms with Gasteiger partial charge >= 0.3 is 6.09 Å². The van der Waals surface area contributed by atoms with E-state index in [0.717, 1.165) is 19.4 Å². The highest BCUT2D eigenvalue weighted by atomic mass is 16.6. The summed E-state index contributed by atoms with van der Waals surface area (Å²) in [6, 6.07) is 0.863. The van der Waals surface area contributed by atoms with Gasteiger partial charge in [-0.25, -0.2) is 4.79 Å². The molecule has 0 aromatic heterocycles. The zero-order chi connectivity index (χ0) is 39.6. The number of hydrogen-bond donors (Lipinski definition) is 1. The lowest BCUT2D eigenvalue weighted by Crippen LogP contribution is -2.43. The molecule has 6 nitrogen and oxygen atoms in total. The minimum absolute atomic E-state index is 0.380. The summed E-state index contributed by atoms with van der Waals surface area (Å²) in [4.78, 5) is 15.1. The van der Waals surface area contributed by atoms with Crippen LogP contribution < -0.4 is 5.32 Å². The predicted molar refractivity (Wildman–Crippen MR) is 236 cm³/mol. The smallest absolute Gasteiger partial charge is 0.407 e. The fourth-order valence-corrected chi connectivity index (χ4v) is 7.04. The quantitative estimate of drug-likeness (QED) is 0.0496. The van der Waals surface area contributed by atoms with E-state index in [2.05, 4.69) is 76.1 Å². The molecule has 0 aromatic carbocycles. The van der Waals surface area contributed by atoms with Crippen molar-refractivity contribution in [2.75, 3.05) is 39.5 Å². The van der Waals surface area contributed by atoms with Gasteiger partial charge in [0.1, 0.15) is 0 Å². The third-order valence-corrected chi connectivity index (χ3v) is 10.4. The molecule has 0 unspecified atom stereocenters. The van der Waals surface area contributed by atoms with Crippen LogP contribution in [0.2, 0.25) is 0 Å². The van der Waals surface area contributed by atoms with Crippen LogP contribution in [0.5, 0.6) is 0 Å². The maximum absolute atomic E-state index is 12.7. The van der Waals surface area contributed by atoms with Crippen LogP contribution in [0.4, 0.5) is 4.79 Å². The molecule has 0 heterocycles. The fraction of sp³-hybridized carbons (Fsp3) is 0.896. The van der Waals surface area contributed by atoms with E-state index in [1.807, 2.05) is 0 Å². The summed E-state index contributed by atoms with van der Waals surface area (Å²) in [7, 11) is 0. The van der Waals surface area contributed by atoms with Gasteiger partial charge in [-0.2, -0.15) is 0 Å². The van der Waals surface area contributed by atoms with Gasteiger partial charge in [0.25, 0.3) is 0 Å². The Hall–Kier alpha value is -1.37. The Labute approximate surface area is 337 Å². The van der Waals surface area contributed by atoms with Crippen LogP contribution in [-0.2, 0) is 14.2 Å². The van der Waals surface area contributed by atoms with E-state index in [1.165, 1.54) is 167 Å². The van der Waals surface area contributed by atoms with Gasteiger partial charge in [0, 0.05) is 38.4 Å². The zero-order valence-electron chi connectivity index (χ0n) is 37.2. The molecule has 1 N–H and O–H groups in total. The first-order chi connectivity index (χ1) is 26.4. The van der Waals surface area contributed by atoms with Gasteiger partial charge in [-0.15, -0.1) is 0 Å². The fourth-order valence-electron chi connectivity index (χ4n) is 7.04. The Morgan fingerprint density at radius 2 is 0.833 bits per heavy atom. The molecule has 6 heteroatoms. The number of nitrogens with zero attached hydrogens (tertiary/aromatic N) is 1. The first kappa shape index (κ1) is 52.6. The van der Waals surface area contributed by atoms with Crippen LogP contribution in [0.3, 0.4) is 0 Å². The molecule has 0 saturated carbocycles. The van der Waals surface area contributed by atoms with Crippen LogP contribution >= 0.6 is 0 Å². The molecule has 0 fully saturated rings. The molecule has 0 aliphatic rings. The zero-order valence-corrected chi connectivity index (χ0v) is 37.2. The van der Waals surface area contributed by atoms with Crippen molar-refractivity contribution < 1.29 is 19.0 Å². The molecule has 0 aromatic rings. The number of allylic oxidation sites excluding steroid dienone is 4. The minimum Gasteiger partial charge on any atom is -0.441 e. The predicted octanol–water partition coefficient (Wildman–Crippen LogP) is 14.3. The molecule has 0 bridgehead atoms. The molecule has 54 heavy (non-hydrogen) atoms. The van der Waals surface area contributed by atoms with E-state index in [-0.39, 0.29) is 12.2 Å². The maximum Gasteiger partial charge on any atom is 0.407 e. The molecule has 0 radical (unpaired) electrons. The summed E-state index contributed by atoms with van der Waals surface area (Å²) in [6.07, 6.45) is 45.1. The van der Waals surface area contributed by atoms with Gasteiger partial charge in [0.15, 0.2) is 6.10 Å². The van der Waals surface area contributed by atoms with Crippen molar-refractivity contribution in [1.82, 2.24) is 10.2 Å². The average Bonchev–Trinajstić information content (AvgIpc) is 3.15. The summed E-state index contributed by atoms with van der Waals surface area (Å²) in [5.41, 5.74) is 0. The second-order valence-electron chi connectivity index (χ2n) is 16.4. The highest BCUT2D eigenvalue weighted by molar-refractivity contribution is 5.67. The second kappa shape index (κ2) is 42.8. The highest BCUT2D eigenvalue weighted by Gasteiger charge is 2.17.